The standard InChI is InChI=1S/C15H19N3OS/c16-12-6-4-5-11(9-12)15-17-14(18-19-15)10-20-13-7-2-1-3-8-13/h1-3,7-8,11-12H,4-6,9-10,16H2. The maximum Gasteiger partial charge on any atom is 0.229 e. The van der Waals surface area contributed by atoms with Gasteiger partial charge in [-0.15, -0.1) is 11.8 Å². The summed E-state index contributed by atoms with van der Waals surface area (Å²) in [5.74, 6) is 2.63. The van der Waals surface area contributed by atoms with Gasteiger partial charge in [0.15, 0.2) is 5.82 Å². The van der Waals surface area contributed by atoms with Crippen molar-refractivity contribution in [2.75, 3.05) is 0 Å². The molecule has 2 atom stereocenters. The number of nitrogens with two attached hydrogens (primary N) is 1. The molecular formula is C15H19N3OS. The van der Waals surface area contributed by atoms with Crippen molar-refractivity contribution < 1.29 is 4.52 Å². The third kappa shape index (κ3) is 3.41. The summed E-state index contributed by atoms with van der Waals surface area (Å²) in [5.41, 5.74) is 6.01. The minimum atomic E-state index is 0.280. The average Bonchev–Trinajstić information content (AvgIpc) is 2.95. The van der Waals surface area contributed by atoms with Crippen molar-refractivity contribution in [1.82, 2.24) is 10.1 Å². The van der Waals surface area contributed by atoms with Gasteiger partial charge in [-0.05, 0) is 31.4 Å². The van der Waals surface area contributed by atoms with Crippen LogP contribution in [0.2, 0.25) is 0 Å². The molecular weight excluding hydrogens is 270 g/mol. The highest BCUT2D eigenvalue weighted by atomic mass is 32.2. The smallest absolute Gasteiger partial charge is 0.229 e. The zero-order valence-electron chi connectivity index (χ0n) is 11.4. The molecule has 0 bridgehead atoms. The van der Waals surface area contributed by atoms with Crippen molar-refractivity contribution in [1.29, 1.82) is 0 Å². The molecule has 2 unspecified atom stereocenters. The molecule has 1 saturated carbocycles. The molecule has 1 aromatic heterocycles. The monoisotopic (exact) mass is 289 g/mol. The molecule has 2 N–H and O–H groups in total. The highest BCUT2D eigenvalue weighted by Crippen LogP contribution is 2.31. The molecule has 1 aliphatic rings. The van der Waals surface area contributed by atoms with E-state index in [1.54, 1.807) is 11.8 Å². The van der Waals surface area contributed by atoms with Crippen molar-refractivity contribution in [3.63, 3.8) is 0 Å². The van der Waals surface area contributed by atoms with Crippen LogP contribution in [-0.4, -0.2) is 16.2 Å². The van der Waals surface area contributed by atoms with Crippen LogP contribution < -0.4 is 5.73 Å². The van der Waals surface area contributed by atoms with Crippen LogP contribution in [0.25, 0.3) is 0 Å². The summed E-state index contributed by atoms with van der Waals surface area (Å²) in [6, 6.07) is 10.5. The lowest BCUT2D eigenvalue weighted by Crippen LogP contribution is -2.26. The third-order valence-corrected chi connectivity index (χ3v) is 4.67. The number of hydrogen-bond donors (Lipinski definition) is 1. The van der Waals surface area contributed by atoms with Crippen molar-refractivity contribution >= 4 is 11.8 Å². The maximum atomic E-state index is 6.01. The van der Waals surface area contributed by atoms with Gasteiger partial charge in [-0.1, -0.05) is 29.8 Å². The zero-order valence-corrected chi connectivity index (χ0v) is 12.2. The Kier molecular flexibility index (Phi) is 4.38. The third-order valence-electron chi connectivity index (χ3n) is 3.66. The summed E-state index contributed by atoms with van der Waals surface area (Å²) in [5, 5.41) is 4.08. The molecule has 0 spiro atoms. The van der Waals surface area contributed by atoms with Crippen LogP contribution in [0, 0.1) is 0 Å². The normalized spacial score (nSPS) is 22.9. The molecule has 0 aliphatic heterocycles. The SMILES string of the molecule is NC1CCCC(c2nc(CSc3ccccc3)no2)C1. The number of rotatable bonds is 4. The van der Waals surface area contributed by atoms with E-state index in [0.29, 0.717) is 5.92 Å². The fourth-order valence-electron chi connectivity index (χ4n) is 2.61. The number of nitrogens with zero attached hydrogens (tertiary/aromatic N) is 2. The first-order chi connectivity index (χ1) is 9.81. The van der Waals surface area contributed by atoms with Gasteiger partial charge in [0.2, 0.25) is 5.89 Å². The van der Waals surface area contributed by atoms with Crippen LogP contribution in [0.1, 0.15) is 43.3 Å². The summed E-state index contributed by atoms with van der Waals surface area (Å²) in [6.07, 6.45) is 4.35. The fraction of sp³-hybridized carbons (Fsp3) is 0.467. The molecule has 0 saturated heterocycles. The molecule has 0 amide bonds. The first kappa shape index (κ1) is 13.6. The van der Waals surface area contributed by atoms with Crippen LogP contribution in [-0.2, 0) is 5.75 Å². The first-order valence-corrected chi connectivity index (χ1v) is 8.06. The summed E-state index contributed by atoms with van der Waals surface area (Å²) < 4.78 is 5.41. The predicted octanol–water partition coefficient (Wildman–Crippen LogP) is 3.35. The highest BCUT2D eigenvalue weighted by molar-refractivity contribution is 7.98. The Morgan fingerprint density at radius 1 is 1.25 bits per heavy atom. The Labute approximate surface area is 123 Å². The maximum absolute atomic E-state index is 6.01. The quantitative estimate of drug-likeness (QED) is 0.874. The van der Waals surface area contributed by atoms with Gasteiger partial charge in [-0.25, -0.2) is 0 Å². The molecule has 20 heavy (non-hydrogen) atoms. The second kappa shape index (κ2) is 6.41. The van der Waals surface area contributed by atoms with E-state index in [1.165, 1.54) is 4.90 Å². The average molecular weight is 289 g/mol. The van der Waals surface area contributed by atoms with Gasteiger partial charge >= 0.3 is 0 Å². The van der Waals surface area contributed by atoms with Gasteiger partial charge in [-0.2, -0.15) is 4.98 Å². The van der Waals surface area contributed by atoms with Crippen LogP contribution in [0.3, 0.4) is 0 Å². The minimum absolute atomic E-state index is 0.280. The molecule has 106 valence electrons. The Bertz CT molecular complexity index is 543. The van der Waals surface area contributed by atoms with E-state index in [-0.39, 0.29) is 6.04 Å². The molecule has 1 aromatic carbocycles. The molecule has 1 aliphatic carbocycles. The van der Waals surface area contributed by atoms with Crippen LogP contribution in [0.5, 0.6) is 0 Å². The summed E-state index contributed by atoms with van der Waals surface area (Å²) in [6.45, 7) is 0. The van der Waals surface area contributed by atoms with Gasteiger partial charge in [0.05, 0.1) is 5.75 Å². The van der Waals surface area contributed by atoms with Gasteiger partial charge < -0.3 is 10.3 Å². The van der Waals surface area contributed by atoms with E-state index in [2.05, 4.69) is 22.3 Å². The molecule has 3 rings (SSSR count). The van der Waals surface area contributed by atoms with Crippen molar-refractivity contribution in [3.05, 3.63) is 42.0 Å². The van der Waals surface area contributed by atoms with Gasteiger partial charge in [0.1, 0.15) is 0 Å². The Hall–Kier alpha value is -1.33. The first-order valence-electron chi connectivity index (χ1n) is 7.07. The lowest BCUT2D eigenvalue weighted by molar-refractivity contribution is 0.297. The predicted molar refractivity (Wildman–Crippen MR) is 79.5 cm³/mol. The minimum Gasteiger partial charge on any atom is -0.339 e. The number of thioether (sulfide) groups is 1. The summed E-state index contributed by atoms with van der Waals surface area (Å²) >= 11 is 1.72. The summed E-state index contributed by atoms with van der Waals surface area (Å²) in [7, 11) is 0. The molecule has 0 radical (unpaired) electrons. The Morgan fingerprint density at radius 3 is 2.90 bits per heavy atom. The summed E-state index contributed by atoms with van der Waals surface area (Å²) in [4.78, 5) is 5.75. The Morgan fingerprint density at radius 2 is 2.10 bits per heavy atom. The lowest BCUT2D eigenvalue weighted by Gasteiger charge is -2.23. The molecule has 4 nitrogen and oxygen atoms in total. The van der Waals surface area contributed by atoms with Crippen LogP contribution >= 0.6 is 11.8 Å². The highest BCUT2D eigenvalue weighted by Gasteiger charge is 2.25. The molecule has 5 heteroatoms. The van der Waals surface area contributed by atoms with E-state index in [0.717, 1.165) is 43.2 Å². The van der Waals surface area contributed by atoms with Crippen LogP contribution in [0.15, 0.2) is 39.8 Å². The van der Waals surface area contributed by atoms with E-state index >= 15 is 0 Å². The Balaban J connectivity index is 1.59. The van der Waals surface area contributed by atoms with E-state index in [4.69, 9.17) is 10.3 Å². The lowest BCUT2D eigenvalue weighted by atomic mass is 9.86. The second-order valence-electron chi connectivity index (χ2n) is 5.27. The van der Waals surface area contributed by atoms with Crippen molar-refractivity contribution in [2.24, 2.45) is 5.73 Å². The number of benzene rings is 1. The van der Waals surface area contributed by atoms with Gasteiger partial charge in [0.25, 0.3) is 0 Å². The second-order valence-corrected chi connectivity index (χ2v) is 6.32. The van der Waals surface area contributed by atoms with Crippen LogP contribution in [0.4, 0.5) is 0 Å². The molecule has 1 fully saturated rings. The van der Waals surface area contributed by atoms with Crippen molar-refractivity contribution in [3.8, 4) is 0 Å². The van der Waals surface area contributed by atoms with Crippen molar-refractivity contribution in [2.45, 2.75) is 48.3 Å². The topological polar surface area (TPSA) is 64.9 Å². The molecule has 1 heterocycles. The fourth-order valence-corrected chi connectivity index (χ4v) is 3.37. The molecule has 2 aromatic rings. The van der Waals surface area contributed by atoms with Gasteiger partial charge in [0, 0.05) is 16.9 Å². The number of hydrogen-bond acceptors (Lipinski definition) is 5. The largest absolute Gasteiger partial charge is 0.339 e. The van der Waals surface area contributed by atoms with E-state index in [9.17, 15) is 0 Å². The van der Waals surface area contributed by atoms with E-state index < -0.39 is 0 Å². The van der Waals surface area contributed by atoms with Gasteiger partial charge in [-0.3, -0.25) is 0 Å². The van der Waals surface area contributed by atoms with E-state index in [1.807, 2.05) is 18.2 Å². The zero-order chi connectivity index (χ0) is 13.8. The number of aromatic nitrogens is 2.